The summed E-state index contributed by atoms with van der Waals surface area (Å²) in [5.74, 6) is 0. The van der Waals surface area contributed by atoms with E-state index < -0.39 is 6.09 Å². The van der Waals surface area contributed by atoms with Crippen LogP contribution in [0.2, 0.25) is 5.02 Å². The smallest absolute Gasteiger partial charge is 0.409 e. The molecule has 1 rings (SSSR count). The van der Waals surface area contributed by atoms with Crippen molar-refractivity contribution < 1.29 is 9.53 Å². The maximum atomic E-state index is 10.2. The summed E-state index contributed by atoms with van der Waals surface area (Å²) in [5.41, 5.74) is 5.66. The van der Waals surface area contributed by atoms with E-state index in [1.807, 2.05) is 0 Å². The van der Waals surface area contributed by atoms with E-state index in [0.717, 1.165) is 12.1 Å². The quantitative estimate of drug-likeness (QED) is 0.801. The minimum Gasteiger partial charge on any atom is -0.419 e. The topological polar surface area (TPSA) is 65.2 Å². The number of nitrogens with two attached hydrogens (primary N) is 1. The summed E-state index contributed by atoms with van der Waals surface area (Å²) >= 11 is 5.78. The van der Waals surface area contributed by atoms with Crippen molar-refractivity contribution in [2.45, 2.75) is 12.8 Å². The molecule has 0 spiro atoms. The zero-order valence-corrected chi connectivity index (χ0v) is 8.78. The molecule has 0 fully saturated rings. The van der Waals surface area contributed by atoms with Crippen molar-refractivity contribution in [2.24, 2.45) is 5.73 Å². The largest absolute Gasteiger partial charge is 0.419 e. The van der Waals surface area contributed by atoms with Crippen molar-refractivity contribution in [1.29, 1.82) is 0 Å². The second-order valence-electron chi connectivity index (χ2n) is 2.81. The normalized spacial score (nSPS) is 10.5. The van der Waals surface area contributed by atoms with Crippen LogP contribution in [0.25, 0.3) is 0 Å². The summed E-state index contributed by atoms with van der Waals surface area (Å²) in [5, 5.41) is 0.664. The lowest BCUT2D eigenvalue weighted by Gasteiger charge is -1.97. The molecule has 0 unspecified atom stereocenters. The molecular weight excluding hydrogens is 216 g/mol. The Labute approximate surface area is 92.7 Å². The lowest BCUT2D eigenvalue weighted by molar-refractivity contribution is 0.196. The van der Waals surface area contributed by atoms with E-state index in [1.165, 1.54) is 6.26 Å². The number of pyridine rings is 1. The fourth-order valence-corrected chi connectivity index (χ4v) is 1.18. The molecule has 0 saturated heterocycles. The van der Waals surface area contributed by atoms with Crippen LogP contribution in [0, 0.1) is 0 Å². The van der Waals surface area contributed by atoms with Crippen molar-refractivity contribution >= 4 is 17.7 Å². The maximum absolute atomic E-state index is 10.2. The van der Waals surface area contributed by atoms with Crippen molar-refractivity contribution in [2.75, 3.05) is 0 Å². The molecule has 1 amide bonds. The molecule has 4 nitrogen and oxygen atoms in total. The molecular formula is C10H11ClN2O2. The maximum Gasteiger partial charge on any atom is 0.409 e. The first-order chi connectivity index (χ1) is 7.18. The molecule has 0 aliphatic heterocycles. The minimum atomic E-state index is -0.813. The average molecular weight is 227 g/mol. The molecule has 5 heteroatoms. The van der Waals surface area contributed by atoms with E-state index in [1.54, 1.807) is 24.4 Å². The highest BCUT2D eigenvalue weighted by Gasteiger charge is 1.94. The van der Waals surface area contributed by atoms with Crippen LogP contribution >= 0.6 is 11.6 Å². The van der Waals surface area contributed by atoms with E-state index in [9.17, 15) is 4.79 Å². The van der Waals surface area contributed by atoms with Crippen LogP contribution in [-0.4, -0.2) is 11.1 Å². The second kappa shape index (κ2) is 6.03. The molecule has 0 aromatic carbocycles. The Morgan fingerprint density at radius 1 is 1.67 bits per heavy atom. The van der Waals surface area contributed by atoms with Gasteiger partial charge in [-0.1, -0.05) is 11.6 Å². The van der Waals surface area contributed by atoms with E-state index in [0.29, 0.717) is 11.4 Å². The number of aryl methyl sites for hydroxylation is 1. The number of allylic oxidation sites excluding steroid dienone is 1. The second-order valence-corrected chi connectivity index (χ2v) is 3.25. The number of primary amides is 1. The van der Waals surface area contributed by atoms with E-state index in [-0.39, 0.29) is 0 Å². The number of amides is 1. The summed E-state index contributed by atoms with van der Waals surface area (Å²) in [7, 11) is 0. The first kappa shape index (κ1) is 11.5. The van der Waals surface area contributed by atoms with Crippen molar-refractivity contribution in [3.63, 3.8) is 0 Å². The van der Waals surface area contributed by atoms with Gasteiger partial charge in [0.05, 0.1) is 6.26 Å². The van der Waals surface area contributed by atoms with E-state index in [2.05, 4.69) is 9.72 Å². The van der Waals surface area contributed by atoms with Gasteiger partial charge in [-0.15, -0.1) is 0 Å². The van der Waals surface area contributed by atoms with Crippen LogP contribution in [0.4, 0.5) is 4.79 Å². The van der Waals surface area contributed by atoms with Crippen molar-refractivity contribution in [1.82, 2.24) is 4.98 Å². The Morgan fingerprint density at radius 3 is 3.13 bits per heavy atom. The highest BCUT2D eigenvalue weighted by Crippen LogP contribution is 2.09. The van der Waals surface area contributed by atoms with Crippen LogP contribution in [-0.2, 0) is 11.2 Å². The Balaban J connectivity index is 2.31. The average Bonchev–Trinajstić information content (AvgIpc) is 2.17. The van der Waals surface area contributed by atoms with Gasteiger partial charge in [0, 0.05) is 16.9 Å². The molecule has 80 valence electrons. The number of hydrogen-bond donors (Lipinski definition) is 1. The van der Waals surface area contributed by atoms with Gasteiger partial charge >= 0.3 is 6.09 Å². The van der Waals surface area contributed by atoms with E-state index >= 15 is 0 Å². The summed E-state index contributed by atoms with van der Waals surface area (Å²) in [6, 6.07) is 3.52. The van der Waals surface area contributed by atoms with Crippen LogP contribution in [0.5, 0.6) is 0 Å². The number of halogens is 1. The first-order valence-corrected chi connectivity index (χ1v) is 4.78. The first-order valence-electron chi connectivity index (χ1n) is 4.40. The van der Waals surface area contributed by atoms with E-state index in [4.69, 9.17) is 17.3 Å². The predicted molar refractivity (Wildman–Crippen MR) is 57.4 cm³/mol. The number of nitrogens with zero attached hydrogens (tertiary/aromatic N) is 1. The molecule has 1 aromatic heterocycles. The lowest BCUT2D eigenvalue weighted by Crippen LogP contribution is -2.08. The third-order valence-electron chi connectivity index (χ3n) is 1.63. The standard InChI is InChI=1S/C10H11ClN2O2/c11-8-4-5-13-9(7-8)3-1-2-6-15-10(12)14/h2,4-7H,1,3H2,(H2,12,14). The number of ether oxygens (including phenoxy) is 1. The van der Waals surface area contributed by atoms with Gasteiger partial charge in [0.25, 0.3) is 0 Å². The number of hydrogen-bond acceptors (Lipinski definition) is 3. The van der Waals surface area contributed by atoms with Gasteiger partial charge < -0.3 is 10.5 Å². The van der Waals surface area contributed by atoms with Crippen molar-refractivity contribution in [3.05, 3.63) is 41.4 Å². The third kappa shape index (κ3) is 5.02. The van der Waals surface area contributed by atoms with Gasteiger partial charge in [-0.05, 0) is 31.1 Å². The lowest BCUT2D eigenvalue weighted by atomic mass is 10.2. The minimum absolute atomic E-state index is 0.664. The van der Waals surface area contributed by atoms with Gasteiger partial charge in [0.1, 0.15) is 0 Å². The summed E-state index contributed by atoms with van der Waals surface area (Å²) in [4.78, 5) is 14.3. The molecule has 0 aliphatic carbocycles. The fraction of sp³-hybridized carbons (Fsp3) is 0.200. The Morgan fingerprint density at radius 2 is 2.47 bits per heavy atom. The molecule has 0 bridgehead atoms. The SMILES string of the molecule is NC(=O)OC=CCCc1cc(Cl)ccn1. The zero-order valence-electron chi connectivity index (χ0n) is 8.02. The highest BCUT2D eigenvalue weighted by atomic mass is 35.5. The van der Waals surface area contributed by atoms with Crippen LogP contribution in [0.1, 0.15) is 12.1 Å². The van der Waals surface area contributed by atoms with Gasteiger partial charge in [0.2, 0.25) is 0 Å². The molecule has 0 saturated carbocycles. The molecule has 0 aliphatic rings. The van der Waals surface area contributed by atoms with Gasteiger partial charge in [-0.2, -0.15) is 0 Å². The number of carbonyl (C=O) groups excluding carboxylic acids is 1. The van der Waals surface area contributed by atoms with Crippen molar-refractivity contribution in [3.8, 4) is 0 Å². The summed E-state index contributed by atoms with van der Waals surface area (Å²) in [6.07, 6.45) is 5.26. The Hall–Kier alpha value is -1.55. The molecule has 0 atom stereocenters. The van der Waals surface area contributed by atoms with Crippen LogP contribution in [0.3, 0.4) is 0 Å². The van der Waals surface area contributed by atoms with Gasteiger partial charge in [-0.25, -0.2) is 4.79 Å². The number of aromatic nitrogens is 1. The molecule has 2 N–H and O–H groups in total. The Bertz CT molecular complexity index is 366. The van der Waals surface area contributed by atoms with Crippen LogP contribution in [0.15, 0.2) is 30.7 Å². The highest BCUT2D eigenvalue weighted by molar-refractivity contribution is 6.30. The molecule has 15 heavy (non-hydrogen) atoms. The molecule has 0 radical (unpaired) electrons. The Kier molecular flexibility index (Phi) is 4.63. The van der Waals surface area contributed by atoms with Gasteiger partial charge in [0.15, 0.2) is 0 Å². The zero-order chi connectivity index (χ0) is 11.1. The summed E-state index contributed by atoms with van der Waals surface area (Å²) < 4.78 is 4.42. The monoisotopic (exact) mass is 226 g/mol. The molecule has 1 heterocycles. The van der Waals surface area contributed by atoms with Crippen LogP contribution < -0.4 is 5.73 Å². The predicted octanol–water partition coefficient (Wildman–Crippen LogP) is 2.28. The number of carbonyl (C=O) groups is 1. The molecule has 1 aromatic rings. The number of rotatable bonds is 4. The van der Waals surface area contributed by atoms with Gasteiger partial charge in [-0.3, -0.25) is 4.98 Å². The fourth-order valence-electron chi connectivity index (χ4n) is 1.000. The summed E-state index contributed by atoms with van der Waals surface area (Å²) in [6.45, 7) is 0. The third-order valence-corrected chi connectivity index (χ3v) is 1.86.